The maximum absolute atomic E-state index is 12.7. The van der Waals surface area contributed by atoms with Crippen LogP contribution in [0.25, 0.3) is 16.3 Å². The van der Waals surface area contributed by atoms with E-state index in [0.717, 1.165) is 33.9 Å². The molecule has 0 N–H and O–H groups in total. The van der Waals surface area contributed by atoms with Crippen molar-refractivity contribution in [2.45, 2.75) is 13.1 Å². The van der Waals surface area contributed by atoms with Crippen LogP contribution in [0.5, 0.6) is 0 Å². The van der Waals surface area contributed by atoms with Gasteiger partial charge in [-0.2, -0.15) is 28.7 Å². The lowest BCUT2D eigenvalue weighted by Gasteiger charge is -2.25. The fraction of sp³-hybridized carbons (Fsp3) is 0.0625. The lowest BCUT2D eigenvalue weighted by atomic mass is 9.98. The minimum atomic E-state index is -5.21. The molecule has 0 aliphatic carbocycles. The van der Waals surface area contributed by atoms with E-state index >= 15 is 0 Å². The SMILES string of the molecule is C\C(C#N)=C/C(=C\C(C#N)=N\C(=O)C(F)(F)F)c1ccc2cc(N(c3ccccc3)c3ccccc3)ccc2c1. The number of benzene rings is 4. The Hall–Kier alpha value is -5.47. The van der Waals surface area contributed by atoms with Crippen LogP contribution in [0.15, 0.2) is 120 Å². The van der Waals surface area contributed by atoms with Crippen LogP contribution in [-0.2, 0) is 4.79 Å². The molecule has 0 aliphatic heterocycles. The van der Waals surface area contributed by atoms with Gasteiger partial charge in [0.15, 0.2) is 0 Å². The normalized spacial score (nSPS) is 12.5. The van der Waals surface area contributed by atoms with Crippen molar-refractivity contribution in [1.82, 2.24) is 0 Å². The summed E-state index contributed by atoms with van der Waals surface area (Å²) < 4.78 is 38.1. The van der Waals surface area contributed by atoms with E-state index in [-0.39, 0.29) is 11.1 Å². The molecular formula is C32H21F3N4O. The fourth-order valence-electron chi connectivity index (χ4n) is 4.04. The third-order valence-electron chi connectivity index (χ3n) is 5.86. The van der Waals surface area contributed by atoms with Crippen molar-refractivity contribution >= 4 is 45.0 Å². The highest BCUT2D eigenvalue weighted by Crippen LogP contribution is 2.36. The van der Waals surface area contributed by atoms with Crippen molar-refractivity contribution in [3.8, 4) is 12.1 Å². The highest BCUT2D eigenvalue weighted by Gasteiger charge is 2.38. The Morgan fingerprint density at radius 1 is 0.775 bits per heavy atom. The zero-order valence-corrected chi connectivity index (χ0v) is 21.2. The first-order valence-corrected chi connectivity index (χ1v) is 12.0. The maximum Gasteiger partial charge on any atom is 0.473 e. The number of allylic oxidation sites excluding steroid dienone is 4. The number of nitriles is 2. The first-order valence-electron chi connectivity index (χ1n) is 12.0. The number of para-hydroxylation sites is 2. The van der Waals surface area contributed by atoms with Crippen molar-refractivity contribution in [1.29, 1.82) is 10.5 Å². The lowest BCUT2D eigenvalue weighted by molar-refractivity contribution is -0.169. The average Bonchev–Trinajstić information content (AvgIpc) is 2.96. The zero-order chi connectivity index (χ0) is 28.7. The van der Waals surface area contributed by atoms with Gasteiger partial charge in [0, 0.05) is 22.6 Å². The molecule has 0 radical (unpaired) electrons. The van der Waals surface area contributed by atoms with E-state index in [1.54, 1.807) is 12.1 Å². The van der Waals surface area contributed by atoms with Crippen molar-refractivity contribution in [2.75, 3.05) is 4.90 Å². The molecule has 0 saturated heterocycles. The van der Waals surface area contributed by atoms with Crippen molar-refractivity contribution < 1.29 is 18.0 Å². The van der Waals surface area contributed by atoms with Crippen LogP contribution < -0.4 is 4.90 Å². The highest BCUT2D eigenvalue weighted by molar-refractivity contribution is 6.16. The molecule has 4 aromatic rings. The first kappa shape index (κ1) is 27.6. The van der Waals surface area contributed by atoms with Gasteiger partial charge in [0.1, 0.15) is 11.8 Å². The lowest BCUT2D eigenvalue weighted by Crippen LogP contribution is -2.21. The number of carbonyl (C=O) groups is 1. The van der Waals surface area contributed by atoms with Gasteiger partial charge in [-0.05, 0) is 83.4 Å². The Balaban J connectivity index is 1.80. The second-order valence-corrected chi connectivity index (χ2v) is 8.70. The summed E-state index contributed by atoms with van der Waals surface area (Å²) in [5.41, 5.74) is 3.18. The van der Waals surface area contributed by atoms with E-state index in [4.69, 9.17) is 0 Å². The zero-order valence-electron chi connectivity index (χ0n) is 21.2. The number of fused-ring (bicyclic) bond motifs is 1. The van der Waals surface area contributed by atoms with Crippen LogP contribution in [0, 0.1) is 22.7 Å². The van der Waals surface area contributed by atoms with Crippen LogP contribution in [-0.4, -0.2) is 17.8 Å². The second-order valence-electron chi connectivity index (χ2n) is 8.70. The van der Waals surface area contributed by atoms with Crippen molar-refractivity contribution in [3.63, 3.8) is 0 Å². The van der Waals surface area contributed by atoms with Gasteiger partial charge < -0.3 is 4.90 Å². The Morgan fingerprint density at radius 3 is 1.90 bits per heavy atom. The number of hydrogen-bond donors (Lipinski definition) is 0. The van der Waals surface area contributed by atoms with Crippen LogP contribution in [0.4, 0.5) is 30.2 Å². The fourth-order valence-corrected chi connectivity index (χ4v) is 4.04. The van der Waals surface area contributed by atoms with Gasteiger partial charge in [0.25, 0.3) is 0 Å². The molecule has 1 amide bonds. The Labute approximate surface area is 229 Å². The summed E-state index contributed by atoms with van der Waals surface area (Å²) in [6.07, 6.45) is -2.72. The smallest absolute Gasteiger partial charge is 0.310 e. The quantitative estimate of drug-likeness (QED) is 0.142. The van der Waals surface area contributed by atoms with Gasteiger partial charge >= 0.3 is 12.1 Å². The molecule has 0 saturated carbocycles. The van der Waals surface area contributed by atoms with Gasteiger partial charge in [-0.25, -0.2) is 0 Å². The number of nitrogens with zero attached hydrogens (tertiary/aromatic N) is 4. The third-order valence-corrected chi connectivity index (χ3v) is 5.86. The number of alkyl halides is 3. The average molecular weight is 535 g/mol. The molecule has 196 valence electrons. The third kappa shape index (κ3) is 6.50. The molecule has 0 spiro atoms. The summed E-state index contributed by atoms with van der Waals surface area (Å²) in [4.78, 5) is 16.4. The molecule has 5 nitrogen and oxygen atoms in total. The van der Waals surface area contributed by atoms with Crippen molar-refractivity contribution in [3.05, 3.63) is 120 Å². The molecule has 0 unspecified atom stereocenters. The minimum absolute atomic E-state index is 0.252. The molecule has 40 heavy (non-hydrogen) atoms. The second kappa shape index (κ2) is 11.9. The van der Waals surface area contributed by atoms with Gasteiger partial charge in [0.05, 0.1) is 6.07 Å². The first-order chi connectivity index (χ1) is 19.2. The van der Waals surface area contributed by atoms with Crippen LogP contribution in [0.3, 0.4) is 0 Å². The predicted molar refractivity (Wildman–Crippen MR) is 150 cm³/mol. The highest BCUT2D eigenvalue weighted by atomic mass is 19.4. The molecule has 0 fully saturated rings. The maximum atomic E-state index is 12.7. The van der Waals surface area contributed by atoms with Gasteiger partial charge in [0.2, 0.25) is 0 Å². The van der Waals surface area contributed by atoms with Crippen LogP contribution in [0.1, 0.15) is 12.5 Å². The molecule has 4 aromatic carbocycles. The standard InChI is InChI=1S/C32H21F3N4O/c1-22(20-36)16-26(18-27(21-37)38-31(40)32(33,34)35)24-12-13-25-19-30(15-14-23(25)17-24)39(28-8-4-2-5-9-28)29-10-6-3-7-11-29/h2-19H,1H3/b22-16+,26-18+,38-27-. The topological polar surface area (TPSA) is 80.2 Å². The summed E-state index contributed by atoms with van der Waals surface area (Å²) in [7, 11) is 0. The number of aliphatic imine (C=N–C) groups is 1. The number of amides is 1. The minimum Gasteiger partial charge on any atom is -0.310 e. The molecule has 0 bridgehead atoms. The van der Waals surface area contributed by atoms with Gasteiger partial charge in [-0.1, -0.05) is 54.6 Å². The van der Waals surface area contributed by atoms with Crippen molar-refractivity contribution in [2.24, 2.45) is 4.99 Å². The Kier molecular flexibility index (Phi) is 8.22. The summed E-state index contributed by atoms with van der Waals surface area (Å²) in [5, 5.41) is 20.3. The largest absolute Gasteiger partial charge is 0.473 e. The van der Waals surface area contributed by atoms with Gasteiger partial charge in [-0.15, -0.1) is 0 Å². The number of hydrogen-bond acceptors (Lipinski definition) is 4. The molecule has 8 heteroatoms. The van der Waals surface area contributed by atoms with E-state index in [0.29, 0.717) is 5.56 Å². The summed E-state index contributed by atoms with van der Waals surface area (Å²) in [6.45, 7) is 1.52. The van der Waals surface area contributed by atoms with E-state index < -0.39 is 17.8 Å². The predicted octanol–water partition coefficient (Wildman–Crippen LogP) is 8.22. The number of halogens is 3. The van der Waals surface area contributed by atoms with Crippen LogP contribution in [0.2, 0.25) is 0 Å². The molecule has 4 rings (SSSR count). The van der Waals surface area contributed by atoms with E-state index in [9.17, 15) is 28.5 Å². The van der Waals surface area contributed by atoms with Gasteiger partial charge in [-0.3, -0.25) is 4.79 Å². The molecule has 0 aromatic heterocycles. The molecule has 0 heterocycles. The monoisotopic (exact) mass is 534 g/mol. The summed E-state index contributed by atoms with van der Waals surface area (Å²) in [5.74, 6) is -2.38. The summed E-state index contributed by atoms with van der Waals surface area (Å²) >= 11 is 0. The Morgan fingerprint density at radius 2 is 1.35 bits per heavy atom. The van der Waals surface area contributed by atoms with E-state index in [1.807, 2.05) is 91.0 Å². The summed E-state index contributed by atoms with van der Waals surface area (Å²) in [6, 6.07) is 34.5. The molecule has 0 aliphatic rings. The molecule has 0 atom stereocenters. The Bertz CT molecular complexity index is 1690. The van der Waals surface area contributed by atoms with E-state index in [2.05, 4.69) is 9.89 Å². The van der Waals surface area contributed by atoms with E-state index in [1.165, 1.54) is 19.1 Å². The number of carbonyl (C=O) groups excluding carboxylic acids is 1. The number of rotatable bonds is 6. The number of anilines is 3. The van der Waals surface area contributed by atoms with Crippen LogP contribution >= 0.6 is 0 Å². The molecular weight excluding hydrogens is 513 g/mol.